The van der Waals surface area contributed by atoms with E-state index in [4.69, 9.17) is 5.26 Å². The number of thioether (sulfide) groups is 2. The number of hydrogen-bond acceptors (Lipinski definition) is 4. The molecular formula is C16H12N2S2. The monoisotopic (exact) mass is 296 g/mol. The molecule has 0 aliphatic rings. The van der Waals surface area contributed by atoms with Crippen molar-refractivity contribution in [1.82, 2.24) is 0 Å². The van der Waals surface area contributed by atoms with Crippen LogP contribution in [0.2, 0.25) is 0 Å². The third-order valence-corrected chi connectivity index (χ3v) is 4.98. The molecule has 0 aliphatic heterocycles. The van der Waals surface area contributed by atoms with E-state index in [1.807, 2.05) is 60.7 Å². The largest absolute Gasteiger partial charge is 0.185 e. The molecule has 0 atom stereocenters. The lowest BCUT2D eigenvalue weighted by molar-refractivity contribution is 0.859. The molecule has 0 unspecified atom stereocenters. The van der Waals surface area contributed by atoms with Crippen molar-refractivity contribution >= 4 is 23.5 Å². The van der Waals surface area contributed by atoms with Crippen LogP contribution in [-0.2, 0) is 4.75 Å². The summed E-state index contributed by atoms with van der Waals surface area (Å²) in [6, 6.07) is 19.8. The highest BCUT2D eigenvalue weighted by molar-refractivity contribution is 8.08. The average molecular weight is 296 g/mol. The van der Waals surface area contributed by atoms with E-state index in [0.29, 0.717) is 5.75 Å². The highest BCUT2D eigenvalue weighted by Gasteiger charge is 2.35. The van der Waals surface area contributed by atoms with E-state index < -0.39 is 4.75 Å². The second kappa shape index (κ2) is 7.05. The Bertz CT molecular complexity index is 588. The number of hydrogen-bond donors (Lipinski definition) is 0. The molecule has 0 amide bonds. The van der Waals surface area contributed by atoms with Crippen molar-refractivity contribution in [2.75, 3.05) is 5.75 Å². The summed E-state index contributed by atoms with van der Waals surface area (Å²) in [6.07, 6.45) is 0. The van der Waals surface area contributed by atoms with Crippen molar-refractivity contribution < 1.29 is 0 Å². The lowest BCUT2D eigenvalue weighted by atomic mass is 9.92. The van der Waals surface area contributed by atoms with Crippen molar-refractivity contribution in [2.45, 2.75) is 4.75 Å². The second-order valence-corrected chi connectivity index (χ2v) is 5.98. The molecule has 0 saturated heterocycles. The summed E-state index contributed by atoms with van der Waals surface area (Å²) in [5.74, 6) is 0.537. The van der Waals surface area contributed by atoms with Gasteiger partial charge >= 0.3 is 0 Å². The fraction of sp³-hybridized carbons (Fsp3) is 0.125. The van der Waals surface area contributed by atoms with E-state index in [1.165, 1.54) is 23.5 Å². The predicted molar refractivity (Wildman–Crippen MR) is 84.9 cm³/mol. The highest BCUT2D eigenvalue weighted by Crippen LogP contribution is 2.44. The first-order chi connectivity index (χ1) is 9.83. The maximum absolute atomic E-state index is 9.24. The van der Waals surface area contributed by atoms with Gasteiger partial charge in [0.1, 0.15) is 10.8 Å². The minimum Gasteiger partial charge on any atom is -0.185 e. The van der Waals surface area contributed by atoms with Crippen LogP contribution in [0.5, 0.6) is 0 Å². The van der Waals surface area contributed by atoms with Gasteiger partial charge in [-0.2, -0.15) is 10.5 Å². The molecule has 0 heterocycles. The first kappa shape index (κ1) is 14.5. The summed E-state index contributed by atoms with van der Waals surface area (Å²) in [5.41, 5.74) is 2.08. The predicted octanol–water partition coefficient (Wildman–Crippen LogP) is 4.36. The molecule has 0 aromatic heterocycles. The van der Waals surface area contributed by atoms with Crippen LogP contribution >= 0.6 is 23.5 Å². The van der Waals surface area contributed by atoms with Gasteiger partial charge in [-0.05, 0) is 34.7 Å². The fourth-order valence-corrected chi connectivity index (χ4v) is 3.78. The molecule has 0 spiro atoms. The number of nitrogens with zero attached hydrogens (tertiary/aromatic N) is 2. The summed E-state index contributed by atoms with van der Waals surface area (Å²) >= 11 is 2.38. The zero-order valence-corrected chi connectivity index (χ0v) is 12.3. The van der Waals surface area contributed by atoms with Gasteiger partial charge in [0, 0.05) is 5.75 Å². The van der Waals surface area contributed by atoms with Crippen LogP contribution < -0.4 is 0 Å². The van der Waals surface area contributed by atoms with Crippen molar-refractivity contribution in [3.05, 3.63) is 71.8 Å². The van der Waals surface area contributed by atoms with Gasteiger partial charge in [-0.15, -0.1) is 0 Å². The highest BCUT2D eigenvalue weighted by atomic mass is 32.2. The van der Waals surface area contributed by atoms with Crippen LogP contribution in [0.3, 0.4) is 0 Å². The standard InChI is InChI=1S/C16H12N2S2/c17-12-19-11-16(20-13-18,14-7-3-1-4-8-14)15-9-5-2-6-10-15/h1-10H,11H2. The molecule has 0 N–H and O–H groups in total. The molecule has 4 heteroatoms. The molecule has 0 radical (unpaired) electrons. The van der Waals surface area contributed by atoms with Gasteiger partial charge in [0.15, 0.2) is 0 Å². The summed E-state index contributed by atoms with van der Waals surface area (Å²) in [5, 5.41) is 22.5. The third kappa shape index (κ3) is 2.99. The molecule has 2 rings (SSSR count). The fourth-order valence-electron chi connectivity index (χ4n) is 2.11. The van der Waals surface area contributed by atoms with E-state index in [2.05, 4.69) is 10.8 Å². The van der Waals surface area contributed by atoms with Crippen LogP contribution in [0.4, 0.5) is 0 Å². The van der Waals surface area contributed by atoms with Gasteiger partial charge in [0.2, 0.25) is 0 Å². The quantitative estimate of drug-likeness (QED) is 0.769. The first-order valence-corrected chi connectivity index (χ1v) is 7.83. The molecule has 2 aromatic carbocycles. The van der Waals surface area contributed by atoms with Crippen molar-refractivity contribution in [3.8, 4) is 10.8 Å². The van der Waals surface area contributed by atoms with Gasteiger partial charge in [-0.25, -0.2) is 0 Å². The van der Waals surface area contributed by atoms with Gasteiger partial charge < -0.3 is 0 Å². The second-order valence-electron chi connectivity index (χ2n) is 4.13. The number of thiocyanates is 2. The minimum absolute atomic E-state index is 0.516. The van der Waals surface area contributed by atoms with Gasteiger partial charge in [0.05, 0.1) is 4.75 Å². The Hall–Kier alpha value is -1.88. The maximum Gasteiger partial charge on any atom is 0.134 e. The van der Waals surface area contributed by atoms with Crippen LogP contribution in [0.25, 0.3) is 0 Å². The summed E-state index contributed by atoms with van der Waals surface area (Å²) in [4.78, 5) is 0. The Kier molecular flexibility index (Phi) is 5.12. The Balaban J connectivity index is 2.57. The van der Waals surface area contributed by atoms with Gasteiger partial charge in [-0.3, -0.25) is 0 Å². The normalized spacial score (nSPS) is 10.5. The number of benzene rings is 2. The molecule has 0 fully saturated rings. The number of nitriles is 2. The summed E-state index contributed by atoms with van der Waals surface area (Å²) in [6.45, 7) is 0. The van der Waals surface area contributed by atoms with Crippen molar-refractivity contribution in [1.29, 1.82) is 10.5 Å². The zero-order chi connectivity index (χ0) is 14.3. The van der Waals surface area contributed by atoms with Crippen LogP contribution in [0, 0.1) is 21.3 Å². The smallest absolute Gasteiger partial charge is 0.134 e. The van der Waals surface area contributed by atoms with E-state index in [1.54, 1.807) is 0 Å². The molecule has 2 nitrogen and oxygen atoms in total. The molecule has 2 aromatic rings. The third-order valence-electron chi connectivity index (χ3n) is 3.04. The Morgan fingerprint density at radius 3 is 1.70 bits per heavy atom. The molecular weight excluding hydrogens is 284 g/mol. The zero-order valence-electron chi connectivity index (χ0n) is 10.7. The van der Waals surface area contributed by atoms with Crippen molar-refractivity contribution in [2.24, 2.45) is 0 Å². The van der Waals surface area contributed by atoms with Gasteiger partial charge in [-0.1, -0.05) is 60.7 Å². The number of rotatable bonds is 5. The Morgan fingerprint density at radius 2 is 1.30 bits per heavy atom. The maximum atomic E-state index is 9.24. The van der Waals surface area contributed by atoms with Crippen LogP contribution in [0.1, 0.15) is 11.1 Å². The minimum atomic E-state index is -0.516. The molecule has 0 saturated carbocycles. The van der Waals surface area contributed by atoms with Crippen LogP contribution in [0.15, 0.2) is 60.7 Å². The lowest BCUT2D eigenvalue weighted by Gasteiger charge is -2.30. The summed E-state index contributed by atoms with van der Waals surface area (Å²) < 4.78 is -0.516. The van der Waals surface area contributed by atoms with Gasteiger partial charge in [0.25, 0.3) is 0 Å². The van der Waals surface area contributed by atoms with Crippen molar-refractivity contribution in [3.63, 3.8) is 0 Å². The lowest BCUT2D eigenvalue weighted by Crippen LogP contribution is -2.26. The Morgan fingerprint density at radius 1 is 0.800 bits per heavy atom. The molecule has 20 heavy (non-hydrogen) atoms. The summed E-state index contributed by atoms with van der Waals surface area (Å²) in [7, 11) is 0. The molecule has 98 valence electrons. The Labute approximate surface area is 127 Å². The average Bonchev–Trinajstić information content (AvgIpc) is 2.53. The van der Waals surface area contributed by atoms with E-state index in [-0.39, 0.29) is 0 Å². The van der Waals surface area contributed by atoms with E-state index in [9.17, 15) is 5.26 Å². The first-order valence-electron chi connectivity index (χ1n) is 6.02. The SMILES string of the molecule is N#CSCC(SC#N)(c1ccccc1)c1ccccc1. The van der Waals surface area contributed by atoms with Crippen LogP contribution in [-0.4, -0.2) is 5.75 Å². The van der Waals surface area contributed by atoms with E-state index in [0.717, 1.165) is 11.1 Å². The van der Waals surface area contributed by atoms with E-state index >= 15 is 0 Å². The molecule has 0 bridgehead atoms. The topological polar surface area (TPSA) is 47.6 Å². The molecule has 0 aliphatic carbocycles.